The van der Waals surface area contributed by atoms with Crippen molar-refractivity contribution in [3.8, 4) is 0 Å². The quantitative estimate of drug-likeness (QED) is 0.759. The zero-order valence-electron chi connectivity index (χ0n) is 13.4. The summed E-state index contributed by atoms with van der Waals surface area (Å²) >= 11 is 0. The molecular formula is C20H20O2S. The molecule has 3 heteroatoms. The van der Waals surface area contributed by atoms with E-state index in [4.69, 9.17) is 0 Å². The van der Waals surface area contributed by atoms with Gasteiger partial charge in [-0.3, -0.25) is 0 Å². The van der Waals surface area contributed by atoms with Gasteiger partial charge in [0, 0.05) is 5.41 Å². The molecule has 0 saturated heterocycles. The first kappa shape index (κ1) is 14.7. The first-order valence-electron chi connectivity index (χ1n) is 8.08. The molecule has 0 radical (unpaired) electrons. The molecule has 0 saturated carbocycles. The maximum absolute atomic E-state index is 13.0. The predicted octanol–water partition coefficient (Wildman–Crippen LogP) is 4.55. The highest BCUT2D eigenvalue weighted by Gasteiger charge is 2.48. The van der Waals surface area contributed by atoms with Crippen LogP contribution in [0.5, 0.6) is 0 Å². The summed E-state index contributed by atoms with van der Waals surface area (Å²) in [6.45, 7) is 4.22. The van der Waals surface area contributed by atoms with Gasteiger partial charge in [-0.05, 0) is 47.6 Å². The number of rotatable bonds is 1. The monoisotopic (exact) mass is 324 g/mol. The van der Waals surface area contributed by atoms with E-state index in [1.807, 2.05) is 25.1 Å². The van der Waals surface area contributed by atoms with Gasteiger partial charge in [-0.2, -0.15) is 0 Å². The molecule has 4 rings (SSSR count). The fourth-order valence-corrected chi connectivity index (χ4v) is 5.96. The SMILES string of the molecule is CC1C=CC(c2ccc3c(c2)S(=O)(=O)C2=CC=CCC23C)=CC1. The first-order chi connectivity index (χ1) is 10.9. The van der Waals surface area contributed by atoms with Crippen molar-refractivity contribution in [3.05, 3.63) is 70.7 Å². The van der Waals surface area contributed by atoms with Crippen LogP contribution in [0.3, 0.4) is 0 Å². The number of benzene rings is 1. The Morgan fingerprint density at radius 2 is 2.09 bits per heavy atom. The number of sulfone groups is 1. The number of hydrogen-bond acceptors (Lipinski definition) is 2. The van der Waals surface area contributed by atoms with Gasteiger partial charge >= 0.3 is 0 Å². The highest BCUT2D eigenvalue weighted by Crippen LogP contribution is 2.52. The van der Waals surface area contributed by atoms with E-state index < -0.39 is 15.3 Å². The molecule has 2 aliphatic carbocycles. The molecule has 118 valence electrons. The molecule has 3 aliphatic rings. The average Bonchev–Trinajstić information content (AvgIpc) is 2.72. The molecule has 2 atom stereocenters. The molecule has 2 nitrogen and oxygen atoms in total. The van der Waals surface area contributed by atoms with E-state index in [0.29, 0.717) is 15.7 Å². The molecule has 0 aromatic heterocycles. The van der Waals surface area contributed by atoms with Crippen LogP contribution in [0.4, 0.5) is 0 Å². The summed E-state index contributed by atoms with van der Waals surface area (Å²) in [6.07, 6.45) is 13.9. The van der Waals surface area contributed by atoms with Gasteiger partial charge in [-0.25, -0.2) is 8.42 Å². The second-order valence-corrected chi connectivity index (χ2v) is 8.83. The van der Waals surface area contributed by atoms with Gasteiger partial charge in [0.1, 0.15) is 0 Å². The van der Waals surface area contributed by atoms with Crippen LogP contribution in [-0.4, -0.2) is 8.42 Å². The lowest BCUT2D eigenvalue weighted by molar-refractivity contribution is 0.575. The molecule has 23 heavy (non-hydrogen) atoms. The van der Waals surface area contributed by atoms with Crippen molar-refractivity contribution in [1.82, 2.24) is 0 Å². The molecule has 1 aromatic carbocycles. The lowest BCUT2D eigenvalue weighted by Crippen LogP contribution is -2.22. The van der Waals surface area contributed by atoms with Crippen molar-refractivity contribution in [2.75, 3.05) is 0 Å². The standard InChI is InChI=1S/C20H20O2S/c1-14-6-8-15(9-7-14)16-10-11-17-18(13-16)23(21,22)19-5-3-4-12-20(17,19)2/h3-6,8-11,13-14H,7,12H2,1-2H3. The van der Waals surface area contributed by atoms with Gasteiger partial charge < -0.3 is 0 Å². The lowest BCUT2D eigenvalue weighted by Gasteiger charge is -2.26. The fourth-order valence-electron chi connectivity index (χ4n) is 3.81. The Balaban J connectivity index is 1.88. The number of hydrogen-bond donors (Lipinski definition) is 0. The van der Waals surface area contributed by atoms with Crippen molar-refractivity contribution in [3.63, 3.8) is 0 Å². The highest BCUT2D eigenvalue weighted by molar-refractivity contribution is 7.95. The van der Waals surface area contributed by atoms with Crippen molar-refractivity contribution in [2.24, 2.45) is 5.92 Å². The lowest BCUT2D eigenvalue weighted by atomic mass is 9.77. The summed E-state index contributed by atoms with van der Waals surface area (Å²) in [6, 6.07) is 5.93. The summed E-state index contributed by atoms with van der Waals surface area (Å²) in [5.41, 5.74) is 2.64. The Kier molecular flexibility index (Phi) is 3.08. The molecule has 0 N–H and O–H groups in total. The van der Waals surface area contributed by atoms with Gasteiger partial charge in [0.05, 0.1) is 9.80 Å². The zero-order valence-corrected chi connectivity index (χ0v) is 14.2. The van der Waals surface area contributed by atoms with Crippen LogP contribution in [0, 0.1) is 5.92 Å². The first-order valence-corrected chi connectivity index (χ1v) is 9.57. The second-order valence-electron chi connectivity index (χ2n) is 6.94. The van der Waals surface area contributed by atoms with Crippen LogP contribution in [0.2, 0.25) is 0 Å². The molecule has 1 heterocycles. The maximum atomic E-state index is 13.0. The molecule has 1 aromatic rings. The molecule has 0 fully saturated rings. The van der Waals surface area contributed by atoms with Crippen molar-refractivity contribution < 1.29 is 8.42 Å². The van der Waals surface area contributed by atoms with Crippen LogP contribution >= 0.6 is 0 Å². The van der Waals surface area contributed by atoms with Crippen LogP contribution in [0.25, 0.3) is 5.57 Å². The van der Waals surface area contributed by atoms with Gasteiger partial charge in [-0.15, -0.1) is 0 Å². The Bertz CT molecular complexity index is 913. The van der Waals surface area contributed by atoms with Gasteiger partial charge in [0.25, 0.3) is 0 Å². The van der Waals surface area contributed by atoms with E-state index in [-0.39, 0.29) is 0 Å². The Morgan fingerprint density at radius 3 is 2.83 bits per heavy atom. The maximum Gasteiger partial charge on any atom is 0.203 e. The van der Waals surface area contributed by atoms with Crippen LogP contribution in [-0.2, 0) is 15.3 Å². The van der Waals surface area contributed by atoms with E-state index in [1.165, 1.54) is 0 Å². The fraction of sp³-hybridized carbons (Fsp3) is 0.300. The molecule has 0 amide bonds. The van der Waals surface area contributed by atoms with Crippen LogP contribution < -0.4 is 0 Å². The van der Waals surface area contributed by atoms with Crippen molar-refractivity contribution >= 4 is 15.4 Å². The Morgan fingerprint density at radius 1 is 1.26 bits per heavy atom. The summed E-state index contributed by atoms with van der Waals surface area (Å²) in [4.78, 5) is 1.03. The topological polar surface area (TPSA) is 34.1 Å². The molecule has 2 unspecified atom stereocenters. The molecular weight excluding hydrogens is 304 g/mol. The summed E-state index contributed by atoms with van der Waals surface area (Å²) in [5, 5.41) is 0. The summed E-state index contributed by atoms with van der Waals surface area (Å²) < 4.78 is 25.9. The minimum Gasteiger partial charge on any atom is -0.219 e. The van der Waals surface area contributed by atoms with E-state index >= 15 is 0 Å². The summed E-state index contributed by atoms with van der Waals surface area (Å²) in [7, 11) is -3.38. The number of allylic oxidation sites excluding steroid dienone is 8. The summed E-state index contributed by atoms with van der Waals surface area (Å²) in [5.74, 6) is 0.551. The minimum atomic E-state index is -3.38. The third-order valence-corrected chi connectivity index (χ3v) is 7.34. The molecule has 1 aliphatic heterocycles. The van der Waals surface area contributed by atoms with Crippen LogP contribution in [0.1, 0.15) is 37.8 Å². The van der Waals surface area contributed by atoms with Gasteiger partial charge in [0.2, 0.25) is 9.84 Å². The minimum absolute atomic E-state index is 0.410. The van der Waals surface area contributed by atoms with E-state index in [1.54, 1.807) is 6.08 Å². The molecule has 0 bridgehead atoms. The largest absolute Gasteiger partial charge is 0.219 e. The zero-order chi connectivity index (χ0) is 16.2. The predicted molar refractivity (Wildman–Crippen MR) is 93.7 cm³/mol. The third kappa shape index (κ3) is 2.03. The third-order valence-electron chi connectivity index (χ3n) is 5.26. The van der Waals surface area contributed by atoms with E-state index in [2.05, 4.69) is 37.3 Å². The average molecular weight is 324 g/mol. The molecule has 0 spiro atoms. The highest BCUT2D eigenvalue weighted by atomic mass is 32.2. The van der Waals surface area contributed by atoms with Crippen molar-refractivity contribution in [1.29, 1.82) is 0 Å². The van der Waals surface area contributed by atoms with E-state index in [9.17, 15) is 8.42 Å². The Hall–Kier alpha value is -1.87. The number of fused-ring (bicyclic) bond motifs is 3. The van der Waals surface area contributed by atoms with Crippen LogP contribution in [0.15, 0.2) is 64.5 Å². The van der Waals surface area contributed by atoms with Gasteiger partial charge in [0.15, 0.2) is 0 Å². The van der Waals surface area contributed by atoms with Crippen molar-refractivity contribution in [2.45, 2.75) is 37.0 Å². The van der Waals surface area contributed by atoms with E-state index in [0.717, 1.165) is 29.5 Å². The van der Waals surface area contributed by atoms with Gasteiger partial charge in [-0.1, -0.05) is 56.4 Å². The normalized spacial score (nSPS) is 30.4. The Labute approximate surface area is 137 Å². The smallest absolute Gasteiger partial charge is 0.203 e. The second kappa shape index (κ2) is 4.81.